The Balaban J connectivity index is 3.95. The van der Waals surface area contributed by atoms with Crippen molar-refractivity contribution < 1.29 is 47.8 Å². The van der Waals surface area contributed by atoms with Gasteiger partial charge in [0.15, 0.2) is 6.04 Å². The molecule has 12 heteroatoms. The van der Waals surface area contributed by atoms with Gasteiger partial charge in [-0.1, -0.05) is 142 Å². The number of phosphoric ester groups is 1. The lowest BCUT2D eigenvalue weighted by atomic mass is 10.0. The molecule has 0 aliphatic rings. The van der Waals surface area contributed by atoms with Crippen LogP contribution in [0.15, 0.2) is 12.2 Å². The molecule has 3 unspecified atom stereocenters. The first-order valence-electron chi connectivity index (χ1n) is 19.7. The predicted molar refractivity (Wildman–Crippen MR) is 199 cm³/mol. The van der Waals surface area contributed by atoms with E-state index in [0.29, 0.717) is 12.8 Å². The lowest BCUT2D eigenvalue weighted by molar-refractivity contribution is -0.147. The number of aliphatic hydroxyl groups excluding tert-OH is 1. The van der Waals surface area contributed by atoms with Crippen molar-refractivity contribution in [1.82, 2.24) is 5.32 Å². The van der Waals surface area contributed by atoms with Gasteiger partial charge in [0, 0.05) is 12.8 Å². The summed E-state index contributed by atoms with van der Waals surface area (Å²) in [5.74, 6) is -2.38. The number of phosphoric acid groups is 1. The molecule has 0 spiro atoms. The molecule has 0 aromatic heterocycles. The highest BCUT2D eigenvalue weighted by Crippen LogP contribution is 2.43. The molecule has 1 amide bonds. The van der Waals surface area contributed by atoms with Crippen LogP contribution in [0.1, 0.15) is 181 Å². The number of ether oxygens (including phenoxy) is 1. The number of esters is 1. The Morgan fingerprint density at radius 3 is 1.54 bits per heavy atom. The molecule has 0 saturated carbocycles. The average molecular weight is 734 g/mol. The van der Waals surface area contributed by atoms with E-state index in [0.717, 1.165) is 57.8 Å². The SMILES string of the molecule is CCCCCC/C=C\CCCCCCCC(=O)OCC(O)COP(=O)(O)OCC(NC(=O)CCCCCCCCCCCCCCC)C(=O)O. The molecule has 0 saturated heterocycles. The largest absolute Gasteiger partial charge is 0.480 e. The zero-order valence-corrected chi connectivity index (χ0v) is 32.4. The Labute approximate surface area is 303 Å². The fourth-order valence-corrected chi connectivity index (χ4v) is 6.20. The van der Waals surface area contributed by atoms with Gasteiger partial charge in [-0.3, -0.25) is 18.6 Å². The summed E-state index contributed by atoms with van der Waals surface area (Å²) in [6.45, 7) is 2.55. The molecule has 11 nitrogen and oxygen atoms in total. The monoisotopic (exact) mass is 733 g/mol. The minimum Gasteiger partial charge on any atom is -0.480 e. The normalized spacial score (nSPS) is 14.0. The van der Waals surface area contributed by atoms with Crippen molar-refractivity contribution in [2.24, 2.45) is 0 Å². The maximum Gasteiger partial charge on any atom is 0.472 e. The van der Waals surface area contributed by atoms with Crippen molar-refractivity contribution in [3.05, 3.63) is 12.2 Å². The summed E-state index contributed by atoms with van der Waals surface area (Å²) >= 11 is 0. The first-order chi connectivity index (χ1) is 24.1. The molecule has 294 valence electrons. The van der Waals surface area contributed by atoms with Gasteiger partial charge in [0.2, 0.25) is 5.91 Å². The number of aliphatic carboxylic acids is 1. The number of nitrogens with one attached hydrogen (secondary N) is 1. The molecular formula is C38H72NO10P. The Hall–Kier alpha value is -1.78. The van der Waals surface area contributed by atoms with Crippen molar-refractivity contribution in [2.45, 2.75) is 193 Å². The van der Waals surface area contributed by atoms with E-state index in [1.165, 1.54) is 83.5 Å². The van der Waals surface area contributed by atoms with E-state index in [2.05, 4.69) is 31.3 Å². The summed E-state index contributed by atoms with van der Waals surface area (Å²) in [6.07, 6.45) is 30.9. The van der Waals surface area contributed by atoms with Crippen molar-refractivity contribution in [1.29, 1.82) is 0 Å². The van der Waals surface area contributed by atoms with Crippen LogP contribution in [0.2, 0.25) is 0 Å². The quantitative estimate of drug-likeness (QED) is 0.0209. The van der Waals surface area contributed by atoms with E-state index in [4.69, 9.17) is 13.8 Å². The van der Waals surface area contributed by atoms with Crippen molar-refractivity contribution in [3.63, 3.8) is 0 Å². The molecule has 0 radical (unpaired) electrons. The summed E-state index contributed by atoms with van der Waals surface area (Å²) in [6, 6.07) is -1.54. The van der Waals surface area contributed by atoms with Gasteiger partial charge in [0.05, 0.1) is 13.2 Å². The fraction of sp³-hybridized carbons (Fsp3) is 0.868. The predicted octanol–water partition coefficient (Wildman–Crippen LogP) is 9.33. The molecule has 0 aliphatic heterocycles. The number of unbranched alkanes of at least 4 members (excludes halogenated alkanes) is 21. The minimum atomic E-state index is -4.75. The van der Waals surface area contributed by atoms with Crippen LogP contribution < -0.4 is 5.32 Å². The molecule has 0 fully saturated rings. The molecule has 0 bridgehead atoms. The van der Waals surface area contributed by atoms with Crippen LogP contribution in [-0.2, 0) is 32.7 Å². The summed E-state index contributed by atoms with van der Waals surface area (Å²) in [5, 5.41) is 21.7. The topological polar surface area (TPSA) is 169 Å². The van der Waals surface area contributed by atoms with Crippen LogP contribution in [0.3, 0.4) is 0 Å². The van der Waals surface area contributed by atoms with Gasteiger partial charge in [-0.2, -0.15) is 0 Å². The number of carbonyl (C=O) groups is 3. The first kappa shape index (κ1) is 48.2. The highest BCUT2D eigenvalue weighted by Gasteiger charge is 2.28. The number of hydrogen-bond acceptors (Lipinski definition) is 8. The van der Waals surface area contributed by atoms with E-state index >= 15 is 0 Å². The number of carboxylic acid groups (broad SMARTS) is 1. The summed E-state index contributed by atoms with van der Waals surface area (Å²) in [7, 11) is -4.75. The number of aliphatic hydroxyl groups is 1. The van der Waals surface area contributed by atoms with E-state index in [-0.39, 0.29) is 12.8 Å². The molecule has 0 aromatic rings. The third-order valence-electron chi connectivity index (χ3n) is 8.55. The van der Waals surface area contributed by atoms with Gasteiger partial charge in [-0.15, -0.1) is 0 Å². The van der Waals surface area contributed by atoms with E-state index in [9.17, 15) is 34.1 Å². The molecule has 0 heterocycles. The van der Waals surface area contributed by atoms with Crippen LogP contribution in [0.25, 0.3) is 0 Å². The van der Waals surface area contributed by atoms with E-state index in [1.807, 2.05) is 0 Å². The van der Waals surface area contributed by atoms with Crippen molar-refractivity contribution >= 4 is 25.7 Å². The molecule has 0 aliphatic carbocycles. The molecule has 50 heavy (non-hydrogen) atoms. The number of carbonyl (C=O) groups excluding carboxylic acids is 2. The lowest BCUT2D eigenvalue weighted by Crippen LogP contribution is -2.43. The number of amides is 1. The second-order valence-electron chi connectivity index (χ2n) is 13.5. The molecule has 0 aromatic carbocycles. The highest BCUT2D eigenvalue weighted by atomic mass is 31.2. The van der Waals surface area contributed by atoms with Crippen molar-refractivity contribution in [2.75, 3.05) is 19.8 Å². The van der Waals surface area contributed by atoms with Crippen LogP contribution in [0.5, 0.6) is 0 Å². The van der Waals surface area contributed by atoms with E-state index < -0.39 is 57.6 Å². The third-order valence-corrected chi connectivity index (χ3v) is 9.51. The highest BCUT2D eigenvalue weighted by molar-refractivity contribution is 7.47. The van der Waals surface area contributed by atoms with Gasteiger partial charge in [0.1, 0.15) is 12.7 Å². The van der Waals surface area contributed by atoms with Gasteiger partial charge >= 0.3 is 19.8 Å². The number of hydrogen-bond donors (Lipinski definition) is 4. The maximum absolute atomic E-state index is 12.2. The van der Waals surface area contributed by atoms with Gasteiger partial charge < -0.3 is 25.2 Å². The summed E-state index contributed by atoms with van der Waals surface area (Å²) < 4.78 is 26.7. The van der Waals surface area contributed by atoms with Crippen LogP contribution >= 0.6 is 7.82 Å². The fourth-order valence-electron chi connectivity index (χ4n) is 5.43. The number of carboxylic acids is 1. The second kappa shape index (κ2) is 34.3. The third kappa shape index (κ3) is 33.4. The molecule has 3 atom stereocenters. The van der Waals surface area contributed by atoms with Crippen molar-refractivity contribution in [3.8, 4) is 0 Å². The zero-order chi connectivity index (χ0) is 37.1. The standard InChI is InChI=1S/C38H72NO10P/c1-3-5-7-9-11-13-15-17-19-21-23-25-27-29-36(41)39-35(38(43)44)33-49-50(45,46)48-32-34(40)31-47-37(42)30-28-26-24-22-20-18-16-14-12-10-8-6-4-2/h14,16,34-35,40H,3-13,15,17-33H2,1-2H3,(H,39,41)(H,43,44)(H,45,46)/b16-14-. The van der Waals surface area contributed by atoms with Crippen LogP contribution in [-0.4, -0.2) is 64.9 Å². The smallest absolute Gasteiger partial charge is 0.472 e. The molecule has 0 rings (SSSR count). The Morgan fingerprint density at radius 1 is 0.620 bits per heavy atom. The van der Waals surface area contributed by atoms with Crippen LogP contribution in [0, 0.1) is 0 Å². The lowest BCUT2D eigenvalue weighted by Gasteiger charge is -2.18. The second-order valence-corrected chi connectivity index (χ2v) is 14.9. The molecular weight excluding hydrogens is 661 g/mol. The summed E-state index contributed by atoms with van der Waals surface area (Å²) in [4.78, 5) is 45.7. The Morgan fingerprint density at radius 2 is 1.04 bits per heavy atom. The first-order valence-corrected chi connectivity index (χ1v) is 21.2. The Bertz CT molecular complexity index is 916. The number of allylic oxidation sites excluding steroid dienone is 2. The van der Waals surface area contributed by atoms with Crippen LogP contribution in [0.4, 0.5) is 0 Å². The van der Waals surface area contributed by atoms with Gasteiger partial charge in [0.25, 0.3) is 0 Å². The average Bonchev–Trinajstić information content (AvgIpc) is 3.08. The number of rotatable bonds is 37. The van der Waals surface area contributed by atoms with E-state index in [1.54, 1.807) is 0 Å². The van der Waals surface area contributed by atoms with Gasteiger partial charge in [-0.25, -0.2) is 9.36 Å². The summed E-state index contributed by atoms with van der Waals surface area (Å²) in [5.41, 5.74) is 0. The maximum atomic E-state index is 12.2. The minimum absolute atomic E-state index is 0.150. The Kier molecular flexibility index (Phi) is 33.1. The van der Waals surface area contributed by atoms with Gasteiger partial charge in [-0.05, 0) is 38.5 Å². The zero-order valence-electron chi connectivity index (χ0n) is 31.5. The molecule has 4 N–H and O–H groups in total.